The van der Waals surface area contributed by atoms with Crippen molar-refractivity contribution in [3.05, 3.63) is 83.7 Å². The molecule has 2 N–H and O–H groups in total. The number of nitrogens with one attached hydrogen (secondary N) is 2. The predicted molar refractivity (Wildman–Crippen MR) is 109 cm³/mol. The Morgan fingerprint density at radius 2 is 1.71 bits per heavy atom. The topological polar surface area (TPSA) is 76.0 Å². The molecule has 0 fully saturated rings. The molecule has 0 unspecified atom stereocenters. The summed E-state index contributed by atoms with van der Waals surface area (Å²) in [4.78, 5) is 24.8. The Hall–Kier alpha value is -3.41. The lowest BCUT2D eigenvalue weighted by molar-refractivity contribution is -0.116. The third kappa shape index (κ3) is 5.54. The van der Waals surface area contributed by atoms with Crippen LogP contribution < -0.4 is 10.6 Å². The van der Waals surface area contributed by atoms with E-state index in [9.17, 15) is 9.59 Å². The van der Waals surface area contributed by atoms with E-state index in [4.69, 9.17) is 0 Å². The monoisotopic (exact) mass is 376 g/mol. The smallest absolute Gasteiger partial charge is 0.253 e. The van der Waals surface area contributed by atoms with Crippen molar-refractivity contribution in [3.8, 4) is 0 Å². The predicted octanol–water partition coefficient (Wildman–Crippen LogP) is 2.96. The first-order valence-electron chi connectivity index (χ1n) is 9.30. The largest absolute Gasteiger partial charge is 0.352 e. The van der Waals surface area contributed by atoms with Crippen LogP contribution in [-0.2, 0) is 24.7 Å². The summed E-state index contributed by atoms with van der Waals surface area (Å²) in [6.07, 6.45) is 5.33. The van der Waals surface area contributed by atoms with Gasteiger partial charge in [0, 0.05) is 26.2 Å². The van der Waals surface area contributed by atoms with Crippen molar-refractivity contribution in [2.45, 2.75) is 19.3 Å². The van der Waals surface area contributed by atoms with Crippen LogP contribution >= 0.6 is 0 Å². The van der Waals surface area contributed by atoms with Crippen molar-refractivity contribution in [2.24, 2.45) is 7.05 Å². The van der Waals surface area contributed by atoms with E-state index in [2.05, 4.69) is 15.7 Å². The van der Waals surface area contributed by atoms with Crippen LogP contribution in [0.25, 0.3) is 0 Å². The molecule has 6 heteroatoms. The van der Waals surface area contributed by atoms with Gasteiger partial charge >= 0.3 is 0 Å². The van der Waals surface area contributed by atoms with Crippen LogP contribution in [0.3, 0.4) is 0 Å². The Kier molecular flexibility index (Phi) is 6.57. The van der Waals surface area contributed by atoms with Crippen molar-refractivity contribution in [2.75, 3.05) is 11.9 Å². The Morgan fingerprint density at radius 3 is 2.46 bits per heavy atom. The minimum Gasteiger partial charge on any atom is -0.352 e. The van der Waals surface area contributed by atoms with Gasteiger partial charge in [-0.1, -0.05) is 42.5 Å². The van der Waals surface area contributed by atoms with Gasteiger partial charge in [-0.05, 0) is 36.1 Å². The lowest BCUT2D eigenvalue weighted by atomic mass is 10.1. The van der Waals surface area contributed by atoms with E-state index in [-0.39, 0.29) is 11.8 Å². The quantitative estimate of drug-likeness (QED) is 0.635. The second kappa shape index (κ2) is 9.50. The van der Waals surface area contributed by atoms with Gasteiger partial charge in [0.1, 0.15) is 0 Å². The number of amides is 2. The first kappa shape index (κ1) is 19.4. The molecule has 3 rings (SSSR count). The average Bonchev–Trinajstić information content (AvgIpc) is 3.13. The van der Waals surface area contributed by atoms with Crippen molar-refractivity contribution in [1.82, 2.24) is 15.1 Å². The number of aromatic nitrogens is 2. The molecule has 0 aliphatic rings. The number of carbonyl (C=O) groups is 2. The van der Waals surface area contributed by atoms with E-state index in [1.807, 2.05) is 43.6 Å². The lowest BCUT2D eigenvalue weighted by Crippen LogP contribution is -2.27. The molecule has 0 aliphatic carbocycles. The van der Waals surface area contributed by atoms with E-state index in [1.54, 1.807) is 35.1 Å². The van der Waals surface area contributed by atoms with Crippen LogP contribution in [0.2, 0.25) is 0 Å². The highest BCUT2D eigenvalue weighted by atomic mass is 16.2. The molecule has 0 bridgehead atoms. The van der Waals surface area contributed by atoms with Crippen molar-refractivity contribution < 1.29 is 9.59 Å². The summed E-state index contributed by atoms with van der Waals surface area (Å²) in [5, 5.41) is 9.87. The zero-order chi connectivity index (χ0) is 19.8. The number of hydrogen-bond donors (Lipinski definition) is 2. The highest BCUT2D eigenvalue weighted by molar-refractivity contribution is 6.03. The highest BCUT2D eigenvalue weighted by Gasteiger charge is 2.13. The maximum Gasteiger partial charge on any atom is 0.253 e. The molecule has 2 aromatic carbocycles. The third-order valence-corrected chi connectivity index (χ3v) is 4.39. The number of para-hydroxylation sites is 1. The zero-order valence-corrected chi connectivity index (χ0v) is 15.9. The molecule has 0 radical (unpaired) electrons. The maximum absolute atomic E-state index is 12.5. The molecule has 0 aliphatic heterocycles. The lowest BCUT2D eigenvalue weighted by Gasteiger charge is -2.11. The number of nitrogens with zero attached hydrogens (tertiary/aromatic N) is 2. The van der Waals surface area contributed by atoms with Crippen molar-refractivity contribution in [3.63, 3.8) is 0 Å². The minimum atomic E-state index is -0.195. The Balaban J connectivity index is 1.54. The molecule has 1 heterocycles. The molecule has 6 nitrogen and oxygen atoms in total. The summed E-state index contributed by atoms with van der Waals surface area (Å²) in [6, 6.07) is 17.0. The minimum absolute atomic E-state index is 0.131. The van der Waals surface area contributed by atoms with Crippen LogP contribution in [-0.4, -0.2) is 28.1 Å². The molecular formula is C22H24N4O2. The van der Waals surface area contributed by atoms with Crippen LogP contribution in [0.15, 0.2) is 67.0 Å². The van der Waals surface area contributed by atoms with E-state index in [0.717, 1.165) is 12.0 Å². The van der Waals surface area contributed by atoms with Gasteiger partial charge in [0.2, 0.25) is 5.91 Å². The number of carbonyl (C=O) groups excluding carboxylic acids is 2. The van der Waals surface area contributed by atoms with Crippen molar-refractivity contribution >= 4 is 17.5 Å². The summed E-state index contributed by atoms with van der Waals surface area (Å²) >= 11 is 0. The van der Waals surface area contributed by atoms with E-state index >= 15 is 0 Å². The zero-order valence-electron chi connectivity index (χ0n) is 15.9. The fraction of sp³-hybridized carbons (Fsp3) is 0.227. The van der Waals surface area contributed by atoms with Crippen LogP contribution in [0.4, 0.5) is 5.69 Å². The second-order valence-electron chi connectivity index (χ2n) is 6.61. The molecule has 28 heavy (non-hydrogen) atoms. The van der Waals surface area contributed by atoms with Crippen LogP contribution in [0.5, 0.6) is 0 Å². The van der Waals surface area contributed by atoms with Gasteiger partial charge in [0.15, 0.2) is 0 Å². The van der Waals surface area contributed by atoms with Crippen LogP contribution in [0, 0.1) is 0 Å². The molecule has 0 spiro atoms. The molecule has 144 valence electrons. The fourth-order valence-corrected chi connectivity index (χ4v) is 2.92. The Bertz CT molecular complexity index is 934. The van der Waals surface area contributed by atoms with E-state index < -0.39 is 0 Å². The third-order valence-electron chi connectivity index (χ3n) is 4.39. The van der Waals surface area contributed by atoms with E-state index in [0.29, 0.717) is 30.6 Å². The standard InChI is InChI=1S/C22H24N4O2/c1-26-16-18(15-24-26)11-12-21(27)25-20-10-6-5-9-19(20)22(28)23-14-13-17-7-3-2-4-8-17/h2-10,15-16H,11-14H2,1H3,(H,23,28)(H,25,27). The van der Waals surface area contributed by atoms with Gasteiger partial charge in [-0.25, -0.2) is 0 Å². The number of benzene rings is 2. The molecule has 0 atom stereocenters. The summed E-state index contributed by atoms with van der Waals surface area (Å²) in [5.41, 5.74) is 3.16. The molecule has 1 aromatic heterocycles. The molecule has 3 aromatic rings. The van der Waals surface area contributed by atoms with Crippen molar-refractivity contribution in [1.29, 1.82) is 0 Å². The Morgan fingerprint density at radius 1 is 0.964 bits per heavy atom. The number of hydrogen-bond acceptors (Lipinski definition) is 3. The van der Waals surface area contributed by atoms with Crippen LogP contribution in [0.1, 0.15) is 27.9 Å². The number of anilines is 1. The van der Waals surface area contributed by atoms with Gasteiger partial charge in [-0.3, -0.25) is 14.3 Å². The van der Waals surface area contributed by atoms with Gasteiger partial charge in [0.25, 0.3) is 5.91 Å². The number of rotatable bonds is 8. The normalized spacial score (nSPS) is 10.5. The van der Waals surface area contributed by atoms with Gasteiger partial charge < -0.3 is 10.6 Å². The van der Waals surface area contributed by atoms with Gasteiger partial charge in [-0.15, -0.1) is 0 Å². The first-order valence-corrected chi connectivity index (χ1v) is 9.30. The maximum atomic E-state index is 12.5. The Labute approximate surface area is 164 Å². The average molecular weight is 376 g/mol. The highest BCUT2D eigenvalue weighted by Crippen LogP contribution is 2.16. The molecule has 0 saturated carbocycles. The summed E-state index contributed by atoms with van der Waals surface area (Å²) in [5.74, 6) is -0.326. The SMILES string of the molecule is Cn1cc(CCC(=O)Nc2ccccc2C(=O)NCCc2ccccc2)cn1. The summed E-state index contributed by atoms with van der Waals surface area (Å²) < 4.78 is 1.71. The molecule has 2 amide bonds. The first-order chi connectivity index (χ1) is 13.6. The summed E-state index contributed by atoms with van der Waals surface area (Å²) in [7, 11) is 1.84. The fourth-order valence-electron chi connectivity index (χ4n) is 2.92. The van der Waals surface area contributed by atoms with Gasteiger partial charge in [0.05, 0.1) is 17.4 Å². The van der Waals surface area contributed by atoms with E-state index in [1.165, 1.54) is 5.56 Å². The summed E-state index contributed by atoms with van der Waals surface area (Å²) in [6.45, 7) is 0.534. The van der Waals surface area contributed by atoms with Gasteiger partial charge in [-0.2, -0.15) is 5.10 Å². The number of aryl methyl sites for hydroxylation is 2. The second-order valence-corrected chi connectivity index (χ2v) is 6.61. The molecular weight excluding hydrogens is 352 g/mol. The molecule has 0 saturated heterocycles.